The van der Waals surface area contributed by atoms with Gasteiger partial charge in [-0.1, -0.05) is 0 Å². The molecule has 0 unspecified atom stereocenters. The van der Waals surface area contributed by atoms with Crippen LogP contribution in [0.1, 0.15) is 5.76 Å². The Hall–Kier alpha value is -2.39. The Morgan fingerprint density at radius 1 is 1.24 bits per heavy atom. The lowest BCUT2D eigenvalue weighted by atomic mass is 10.3. The van der Waals surface area contributed by atoms with Crippen LogP contribution in [0.25, 0.3) is 0 Å². The van der Waals surface area contributed by atoms with Gasteiger partial charge in [0.25, 0.3) is 0 Å². The number of rotatable bonds is 4. The molecule has 2 aromatic rings. The average Bonchev–Trinajstić information content (AvgIpc) is 2.88. The first kappa shape index (κ1) is 15.0. The molecule has 0 aliphatic heterocycles. The summed E-state index contributed by atoms with van der Waals surface area (Å²) in [6.45, 7) is 0. The van der Waals surface area contributed by atoms with Crippen molar-refractivity contribution in [3.05, 3.63) is 42.2 Å². The number of benzene rings is 1. The predicted molar refractivity (Wildman–Crippen MR) is 82.5 cm³/mol. The van der Waals surface area contributed by atoms with E-state index in [0.29, 0.717) is 5.69 Å². The number of hydrazone groups is 1. The molecule has 0 bridgehead atoms. The first-order chi connectivity index (χ1) is 9.89. The largest absolute Gasteiger partial charge is 0.443 e. The fourth-order valence-electron chi connectivity index (χ4n) is 1.47. The highest BCUT2D eigenvalue weighted by atomic mass is 32.2. The summed E-state index contributed by atoms with van der Waals surface area (Å²) in [4.78, 5) is 0.0933. The molecule has 7 nitrogen and oxygen atoms in total. The highest BCUT2D eigenvalue weighted by molar-refractivity contribution is 7.91. The van der Waals surface area contributed by atoms with E-state index in [0.717, 1.165) is 0 Å². The summed E-state index contributed by atoms with van der Waals surface area (Å²) in [6, 6.07) is 8.64. The molecule has 0 atom stereocenters. The molecular formula is C12H12N4O3S2. The number of thiocarbonyl (C=S) groups is 1. The highest BCUT2D eigenvalue weighted by Crippen LogP contribution is 2.23. The molecule has 1 aromatic carbocycles. The van der Waals surface area contributed by atoms with Crippen LogP contribution in [0, 0.1) is 0 Å². The lowest BCUT2D eigenvalue weighted by molar-refractivity contribution is 0.445. The van der Waals surface area contributed by atoms with Crippen molar-refractivity contribution in [3.63, 3.8) is 0 Å². The molecule has 0 saturated carbocycles. The Morgan fingerprint density at radius 3 is 2.52 bits per heavy atom. The van der Waals surface area contributed by atoms with Crippen molar-refractivity contribution < 1.29 is 12.8 Å². The monoisotopic (exact) mass is 324 g/mol. The number of hydrogen-bond donors (Lipinski definition) is 3. The van der Waals surface area contributed by atoms with Gasteiger partial charge in [0.1, 0.15) is 5.76 Å². The van der Waals surface area contributed by atoms with Crippen LogP contribution in [-0.2, 0) is 9.84 Å². The van der Waals surface area contributed by atoms with Gasteiger partial charge in [0, 0.05) is 5.69 Å². The number of furan rings is 1. The molecular weight excluding hydrogens is 312 g/mol. The van der Waals surface area contributed by atoms with Gasteiger partial charge in [-0.25, -0.2) is 8.42 Å². The number of nitrogens with one attached hydrogen (secondary N) is 1. The third-order valence-corrected chi connectivity index (χ3v) is 4.16. The molecule has 0 fully saturated rings. The van der Waals surface area contributed by atoms with Crippen molar-refractivity contribution in [1.29, 1.82) is 0 Å². The molecule has 9 heteroatoms. The third-order valence-electron chi connectivity index (χ3n) is 2.42. The molecule has 0 aliphatic rings. The van der Waals surface area contributed by atoms with E-state index >= 15 is 0 Å². The van der Waals surface area contributed by atoms with Crippen molar-refractivity contribution in [2.24, 2.45) is 10.8 Å². The zero-order chi connectivity index (χ0) is 15.5. The van der Waals surface area contributed by atoms with Crippen LogP contribution < -0.4 is 16.9 Å². The molecule has 2 rings (SSSR count). The zero-order valence-corrected chi connectivity index (χ0v) is 12.3. The van der Waals surface area contributed by atoms with Crippen LogP contribution in [0.4, 0.5) is 5.69 Å². The summed E-state index contributed by atoms with van der Waals surface area (Å²) >= 11 is 4.57. The lowest BCUT2D eigenvalue weighted by Crippen LogP contribution is -2.23. The van der Waals surface area contributed by atoms with Gasteiger partial charge < -0.3 is 15.9 Å². The SMILES string of the molecule is NC(=S)N/N=C/c1ccc(S(=O)(=O)c2ccc(N)cc2)o1. The number of hydrogen-bond acceptors (Lipinski definition) is 6. The predicted octanol–water partition coefficient (Wildman–Crippen LogP) is 0.862. The Balaban J connectivity index is 2.26. The molecule has 110 valence electrons. The van der Waals surface area contributed by atoms with E-state index in [4.69, 9.17) is 15.9 Å². The van der Waals surface area contributed by atoms with Crippen LogP contribution in [0.3, 0.4) is 0 Å². The molecule has 1 heterocycles. The van der Waals surface area contributed by atoms with Gasteiger partial charge in [0.05, 0.1) is 11.1 Å². The van der Waals surface area contributed by atoms with Crippen LogP contribution in [0.2, 0.25) is 0 Å². The van der Waals surface area contributed by atoms with Crippen molar-refractivity contribution in [1.82, 2.24) is 5.43 Å². The molecule has 21 heavy (non-hydrogen) atoms. The first-order valence-electron chi connectivity index (χ1n) is 5.68. The Kier molecular flexibility index (Phi) is 4.24. The Bertz CT molecular complexity index is 779. The van der Waals surface area contributed by atoms with Gasteiger partial charge in [0.2, 0.25) is 14.9 Å². The Morgan fingerprint density at radius 2 is 1.90 bits per heavy atom. The molecule has 5 N–H and O–H groups in total. The molecule has 0 aliphatic carbocycles. The fraction of sp³-hybridized carbons (Fsp3) is 0. The van der Waals surface area contributed by atoms with Crippen molar-refractivity contribution in [2.45, 2.75) is 9.99 Å². The third kappa shape index (κ3) is 3.58. The smallest absolute Gasteiger partial charge is 0.239 e. The summed E-state index contributed by atoms with van der Waals surface area (Å²) in [6.07, 6.45) is 1.27. The van der Waals surface area contributed by atoms with Crippen molar-refractivity contribution in [3.8, 4) is 0 Å². The normalized spacial score (nSPS) is 11.6. The van der Waals surface area contributed by atoms with Crippen molar-refractivity contribution >= 4 is 39.1 Å². The van der Waals surface area contributed by atoms with E-state index < -0.39 is 9.84 Å². The second-order valence-corrected chi connectivity index (χ2v) is 6.28. The number of anilines is 1. The van der Waals surface area contributed by atoms with Crippen molar-refractivity contribution in [2.75, 3.05) is 5.73 Å². The summed E-state index contributed by atoms with van der Waals surface area (Å²) in [5.74, 6) is 0.243. The molecule has 0 spiro atoms. The summed E-state index contributed by atoms with van der Waals surface area (Å²) in [7, 11) is -3.73. The minimum absolute atomic E-state index is 0.00692. The van der Waals surface area contributed by atoms with E-state index in [1.807, 2.05) is 0 Å². The second-order valence-electron chi connectivity index (χ2n) is 3.96. The van der Waals surface area contributed by atoms with Gasteiger partial charge >= 0.3 is 0 Å². The van der Waals surface area contributed by atoms with Crippen LogP contribution in [0.5, 0.6) is 0 Å². The molecule has 1 aromatic heterocycles. The maximum atomic E-state index is 12.3. The van der Waals surface area contributed by atoms with E-state index in [2.05, 4.69) is 22.7 Å². The number of nitrogen functional groups attached to an aromatic ring is 1. The zero-order valence-electron chi connectivity index (χ0n) is 10.7. The van der Waals surface area contributed by atoms with Gasteiger partial charge in [-0.05, 0) is 48.6 Å². The topological polar surface area (TPSA) is 124 Å². The van der Waals surface area contributed by atoms with Gasteiger partial charge in [-0.15, -0.1) is 0 Å². The van der Waals surface area contributed by atoms with Gasteiger partial charge in [-0.2, -0.15) is 5.10 Å². The highest BCUT2D eigenvalue weighted by Gasteiger charge is 2.21. The summed E-state index contributed by atoms with van der Waals surface area (Å²) in [5, 5.41) is 3.48. The molecule has 0 radical (unpaired) electrons. The van der Waals surface area contributed by atoms with Gasteiger partial charge in [-0.3, -0.25) is 5.43 Å². The lowest BCUT2D eigenvalue weighted by Gasteiger charge is -2.01. The molecule has 0 saturated heterocycles. The Labute approximate surface area is 126 Å². The van der Waals surface area contributed by atoms with E-state index in [9.17, 15) is 8.42 Å². The van der Waals surface area contributed by atoms with Crippen LogP contribution in [0.15, 0.2) is 55.9 Å². The van der Waals surface area contributed by atoms with E-state index in [-0.39, 0.29) is 20.9 Å². The maximum absolute atomic E-state index is 12.3. The first-order valence-corrected chi connectivity index (χ1v) is 7.58. The minimum atomic E-state index is -3.73. The quantitative estimate of drug-likeness (QED) is 0.330. The maximum Gasteiger partial charge on any atom is 0.239 e. The van der Waals surface area contributed by atoms with E-state index in [1.54, 1.807) is 0 Å². The summed E-state index contributed by atoms with van der Waals surface area (Å²) in [5.41, 5.74) is 13.5. The number of nitrogens with two attached hydrogens (primary N) is 2. The van der Waals surface area contributed by atoms with Gasteiger partial charge in [0.15, 0.2) is 5.11 Å². The summed E-state index contributed by atoms with van der Waals surface area (Å²) < 4.78 is 29.8. The van der Waals surface area contributed by atoms with Crippen LogP contribution in [-0.4, -0.2) is 19.7 Å². The number of nitrogens with zero attached hydrogens (tertiary/aromatic N) is 1. The van der Waals surface area contributed by atoms with Crippen LogP contribution >= 0.6 is 12.2 Å². The standard InChI is InChI=1S/C12H12N4O3S2/c13-8-1-4-10(5-2-8)21(17,18)11-6-3-9(19-11)7-15-16-12(14)20/h1-7H,13H2,(H3,14,16,20)/b15-7+. The second kappa shape index (κ2) is 5.94. The van der Waals surface area contributed by atoms with E-state index in [1.165, 1.54) is 42.6 Å². The fourth-order valence-corrected chi connectivity index (χ4v) is 2.70. The number of sulfone groups is 1. The molecule has 0 amide bonds. The average molecular weight is 324 g/mol. The minimum Gasteiger partial charge on any atom is -0.443 e.